The summed E-state index contributed by atoms with van der Waals surface area (Å²) in [5.74, 6) is 0.771. The highest BCUT2D eigenvalue weighted by Gasteiger charge is 2.21. The molecule has 1 aliphatic heterocycles. The molecule has 90 valence electrons. The van der Waals surface area contributed by atoms with Gasteiger partial charge < -0.3 is 15.2 Å². The van der Waals surface area contributed by atoms with E-state index in [0.717, 1.165) is 29.4 Å². The van der Waals surface area contributed by atoms with E-state index in [1.165, 1.54) is 0 Å². The molecule has 0 aliphatic carbocycles. The van der Waals surface area contributed by atoms with Crippen molar-refractivity contribution in [3.63, 3.8) is 0 Å². The second kappa shape index (κ2) is 5.75. The lowest BCUT2D eigenvalue weighted by atomic mass is 10.0. The van der Waals surface area contributed by atoms with Gasteiger partial charge in [0.25, 0.3) is 0 Å². The average molecular weight is 309 g/mol. The summed E-state index contributed by atoms with van der Waals surface area (Å²) in [6.45, 7) is 1.01. The van der Waals surface area contributed by atoms with Crippen LogP contribution in [0.25, 0.3) is 0 Å². The van der Waals surface area contributed by atoms with E-state index in [0.29, 0.717) is 5.75 Å². The minimum Gasteiger partial charge on any atom is -0.504 e. The Hall–Kier alpha value is -0.450. The van der Waals surface area contributed by atoms with Crippen LogP contribution < -0.4 is 10.1 Å². The number of phenolic OH excluding ortho intramolecular Hbond substituents is 1. The molecule has 0 aromatic heterocycles. The molecule has 1 aromatic rings. The van der Waals surface area contributed by atoms with Gasteiger partial charge in [-0.15, -0.1) is 12.4 Å². The molecule has 1 atom stereocenters. The maximum atomic E-state index is 9.99. The Morgan fingerprint density at radius 1 is 1.50 bits per heavy atom. The van der Waals surface area contributed by atoms with Crippen LogP contribution in [0.1, 0.15) is 24.4 Å². The van der Waals surface area contributed by atoms with Crippen LogP contribution in [0.2, 0.25) is 0 Å². The highest BCUT2D eigenvalue weighted by Crippen LogP contribution is 2.39. The van der Waals surface area contributed by atoms with Gasteiger partial charge in [-0.2, -0.15) is 0 Å². The number of phenols is 1. The predicted molar refractivity (Wildman–Crippen MR) is 69.6 cm³/mol. The van der Waals surface area contributed by atoms with Crippen molar-refractivity contribution in [2.75, 3.05) is 13.7 Å². The molecule has 0 bridgehead atoms. The van der Waals surface area contributed by atoms with Gasteiger partial charge >= 0.3 is 0 Å². The number of hydrogen-bond acceptors (Lipinski definition) is 3. The molecule has 1 saturated heterocycles. The Labute approximate surface area is 110 Å². The highest BCUT2D eigenvalue weighted by atomic mass is 79.9. The topological polar surface area (TPSA) is 41.5 Å². The quantitative estimate of drug-likeness (QED) is 0.882. The molecule has 1 aromatic carbocycles. The second-order valence-corrected chi connectivity index (χ2v) is 4.61. The first kappa shape index (κ1) is 13.6. The van der Waals surface area contributed by atoms with Crippen molar-refractivity contribution in [3.8, 4) is 11.5 Å². The monoisotopic (exact) mass is 307 g/mol. The van der Waals surface area contributed by atoms with Crippen molar-refractivity contribution in [3.05, 3.63) is 22.2 Å². The van der Waals surface area contributed by atoms with Crippen LogP contribution >= 0.6 is 28.3 Å². The number of aromatic hydroxyl groups is 1. The van der Waals surface area contributed by atoms with Gasteiger partial charge in [0.1, 0.15) is 0 Å². The minimum absolute atomic E-state index is 0. The number of methoxy groups -OCH3 is 1. The van der Waals surface area contributed by atoms with Crippen LogP contribution in [-0.4, -0.2) is 18.8 Å². The SMILES string of the molecule is COc1cc(Br)cc([C@@H]2CCCN2)c1O.Cl. The van der Waals surface area contributed by atoms with Gasteiger partial charge in [0.15, 0.2) is 11.5 Å². The Kier molecular flexibility index (Phi) is 4.89. The van der Waals surface area contributed by atoms with Crippen LogP contribution in [0.4, 0.5) is 0 Å². The largest absolute Gasteiger partial charge is 0.504 e. The van der Waals surface area contributed by atoms with E-state index >= 15 is 0 Å². The van der Waals surface area contributed by atoms with Crippen LogP contribution in [0, 0.1) is 0 Å². The maximum absolute atomic E-state index is 9.99. The van der Waals surface area contributed by atoms with E-state index in [1.54, 1.807) is 13.2 Å². The molecule has 3 nitrogen and oxygen atoms in total. The van der Waals surface area contributed by atoms with E-state index in [1.807, 2.05) is 6.07 Å². The van der Waals surface area contributed by atoms with E-state index < -0.39 is 0 Å². The normalized spacial score (nSPS) is 19.2. The number of benzene rings is 1. The molecule has 2 rings (SSSR count). The zero-order valence-electron chi connectivity index (χ0n) is 9.00. The van der Waals surface area contributed by atoms with Crippen molar-refractivity contribution >= 4 is 28.3 Å². The summed E-state index contributed by atoms with van der Waals surface area (Å²) in [6.07, 6.45) is 2.21. The van der Waals surface area contributed by atoms with Gasteiger partial charge in [-0.3, -0.25) is 0 Å². The number of nitrogens with one attached hydrogen (secondary N) is 1. The molecule has 5 heteroatoms. The lowest BCUT2D eigenvalue weighted by Gasteiger charge is -2.15. The molecule has 1 aliphatic rings. The van der Waals surface area contributed by atoms with E-state index in [9.17, 15) is 5.11 Å². The van der Waals surface area contributed by atoms with Gasteiger partial charge in [0.05, 0.1) is 7.11 Å². The Balaban J connectivity index is 0.00000128. The standard InChI is InChI=1S/C11H14BrNO2.ClH/c1-15-10-6-7(12)5-8(11(10)14)9-3-2-4-13-9;/h5-6,9,13-14H,2-4H2,1H3;1H/t9-;/m0./s1. The molecule has 2 N–H and O–H groups in total. The van der Waals surface area contributed by atoms with Gasteiger partial charge in [-0.25, -0.2) is 0 Å². The van der Waals surface area contributed by atoms with Crippen molar-refractivity contribution in [2.45, 2.75) is 18.9 Å². The lowest BCUT2D eigenvalue weighted by molar-refractivity contribution is 0.367. The van der Waals surface area contributed by atoms with Gasteiger partial charge in [-0.1, -0.05) is 15.9 Å². The molecule has 0 unspecified atom stereocenters. The summed E-state index contributed by atoms with van der Waals surface area (Å²) in [6, 6.07) is 3.96. The van der Waals surface area contributed by atoms with Crippen LogP contribution in [0.5, 0.6) is 11.5 Å². The van der Waals surface area contributed by atoms with Crippen LogP contribution in [0.3, 0.4) is 0 Å². The Bertz CT molecular complexity index is 367. The number of ether oxygens (including phenoxy) is 1. The predicted octanol–water partition coefficient (Wildman–Crippen LogP) is 3.01. The molecular formula is C11H15BrClNO2. The van der Waals surface area contributed by atoms with Gasteiger partial charge in [0.2, 0.25) is 0 Å². The molecule has 1 heterocycles. The fourth-order valence-electron chi connectivity index (χ4n) is 1.97. The molecule has 0 spiro atoms. The molecule has 1 fully saturated rings. The van der Waals surface area contributed by atoms with E-state index in [2.05, 4.69) is 21.2 Å². The summed E-state index contributed by atoms with van der Waals surface area (Å²) in [4.78, 5) is 0. The third-order valence-corrected chi connectivity index (χ3v) is 3.18. The molecular weight excluding hydrogens is 293 g/mol. The fourth-order valence-corrected chi connectivity index (χ4v) is 2.42. The van der Waals surface area contributed by atoms with Gasteiger partial charge in [0, 0.05) is 16.1 Å². The Morgan fingerprint density at radius 3 is 2.81 bits per heavy atom. The van der Waals surface area contributed by atoms with Gasteiger partial charge in [-0.05, 0) is 31.5 Å². The molecule has 0 radical (unpaired) electrons. The zero-order valence-corrected chi connectivity index (χ0v) is 11.4. The first-order valence-electron chi connectivity index (χ1n) is 5.02. The van der Waals surface area contributed by atoms with E-state index in [-0.39, 0.29) is 24.2 Å². The maximum Gasteiger partial charge on any atom is 0.162 e. The second-order valence-electron chi connectivity index (χ2n) is 3.69. The third-order valence-electron chi connectivity index (χ3n) is 2.72. The lowest BCUT2D eigenvalue weighted by Crippen LogP contribution is -2.13. The smallest absolute Gasteiger partial charge is 0.162 e. The Morgan fingerprint density at radius 2 is 2.25 bits per heavy atom. The number of rotatable bonds is 2. The van der Waals surface area contributed by atoms with Crippen LogP contribution in [0.15, 0.2) is 16.6 Å². The van der Waals surface area contributed by atoms with Crippen molar-refractivity contribution in [1.82, 2.24) is 5.32 Å². The molecule has 0 saturated carbocycles. The minimum atomic E-state index is 0. The summed E-state index contributed by atoms with van der Waals surface area (Å²) in [5, 5.41) is 13.3. The average Bonchev–Trinajstić information content (AvgIpc) is 2.74. The zero-order chi connectivity index (χ0) is 10.8. The summed E-state index contributed by atoms with van der Waals surface area (Å²) >= 11 is 3.42. The third kappa shape index (κ3) is 2.62. The first-order valence-corrected chi connectivity index (χ1v) is 5.81. The molecule has 0 amide bonds. The van der Waals surface area contributed by atoms with E-state index in [4.69, 9.17) is 4.74 Å². The van der Waals surface area contributed by atoms with Crippen molar-refractivity contribution in [2.24, 2.45) is 0 Å². The van der Waals surface area contributed by atoms with Crippen molar-refractivity contribution < 1.29 is 9.84 Å². The number of halogens is 2. The van der Waals surface area contributed by atoms with Crippen LogP contribution in [-0.2, 0) is 0 Å². The summed E-state index contributed by atoms with van der Waals surface area (Å²) in [7, 11) is 1.56. The summed E-state index contributed by atoms with van der Waals surface area (Å²) < 4.78 is 6.05. The summed E-state index contributed by atoms with van der Waals surface area (Å²) in [5.41, 5.74) is 0.915. The van der Waals surface area contributed by atoms with Crippen molar-refractivity contribution in [1.29, 1.82) is 0 Å². The number of hydrogen-bond donors (Lipinski definition) is 2. The fraction of sp³-hybridized carbons (Fsp3) is 0.455. The highest BCUT2D eigenvalue weighted by molar-refractivity contribution is 9.10. The molecule has 16 heavy (non-hydrogen) atoms. The first-order chi connectivity index (χ1) is 7.22.